The summed E-state index contributed by atoms with van der Waals surface area (Å²) >= 11 is 0. The Morgan fingerprint density at radius 2 is 1.94 bits per heavy atom. The van der Waals surface area contributed by atoms with E-state index in [9.17, 15) is 0 Å². The van der Waals surface area contributed by atoms with Crippen molar-refractivity contribution in [3.8, 4) is 11.6 Å². The first-order chi connectivity index (χ1) is 7.96. The lowest BCUT2D eigenvalue weighted by Gasteiger charge is -2.32. The molecule has 0 bridgehead atoms. The van der Waals surface area contributed by atoms with Crippen LogP contribution in [0.15, 0.2) is 12.3 Å². The molecule has 17 heavy (non-hydrogen) atoms. The summed E-state index contributed by atoms with van der Waals surface area (Å²) in [6.07, 6.45) is 3.80. The number of methoxy groups -OCH3 is 2. The first kappa shape index (κ1) is 12.2. The topological polar surface area (TPSA) is 57.4 Å². The summed E-state index contributed by atoms with van der Waals surface area (Å²) in [7, 11) is 3.29. The van der Waals surface area contributed by atoms with Gasteiger partial charge in [-0.05, 0) is 32.8 Å². The number of nitrogens with zero attached hydrogens (tertiary/aromatic N) is 1. The summed E-state index contributed by atoms with van der Waals surface area (Å²) in [5, 5.41) is 0. The maximum Gasteiger partial charge on any atom is 0.220 e. The molecule has 4 heteroatoms. The molecule has 1 saturated carbocycles. The van der Waals surface area contributed by atoms with Crippen molar-refractivity contribution in [1.29, 1.82) is 0 Å². The second kappa shape index (κ2) is 3.88. The van der Waals surface area contributed by atoms with Gasteiger partial charge in [0.2, 0.25) is 5.88 Å². The zero-order valence-corrected chi connectivity index (χ0v) is 10.9. The van der Waals surface area contributed by atoms with E-state index in [1.807, 2.05) is 19.9 Å². The van der Waals surface area contributed by atoms with E-state index in [0.717, 1.165) is 24.2 Å². The molecular weight excluding hydrogens is 216 g/mol. The lowest BCUT2D eigenvalue weighted by molar-refractivity contribution is 0.328. The van der Waals surface area contributed by atoms with Gasteiger partial charge in [0.25, 0.3) is 0 Å². The number of nitrogens with two attached hydrogens (primary N) is 1. The molecule has 1 aliphatic rings. The Kier molecular flexibility index (Phi) is 2.78. The van der Waals surface area contributed by atoms with Crippen molar-refractivity contribution in [2.24, 2.45) is 5.73 Å². The normalized spacial score (nSPS) is 17.7. The number of pyridine rings is 1. The summed E-state index contributed by atoms with van der Waals surface area (Å²) in [6.45, 7) is 4.10. The van der Waals surface area contributed by atoms with Gasteiger partial charge in [0, 0.05) is 17.2 Å². The minimum absolute atomic E-state index is 0.0715. The largest absolute Gasteiger partial charge is 0.496 e. The van der Waals surface area contributed by atoms with Crippen molar-refractivity contribution in [2.45, 2.75) is 37.6 Å². The van der Waals surface area contributed by atoms with E-state index >= 15 is 0 Å². The van der Waals surface area contributed by atoms with Crippen molar-refractivity contribution in [3.63, 3.8) is 0 Å². The average molecular weight is 236 g/mol. The van der Waals surface area contributed by atoms with Crippen LogP contribution in [0.2, 0.25) is 0 Å². The molecule has 0 amide bonds. The van der Waals surface area contributed by atoms with Gasteiger partial charge >= 0.3 is 0 Å². The number of hydrogen-bond donors (Lipinski definition) is 1. The fraction of sp³-hybridized carbons (Fsp3) is 0.615. The average Bonchev–Trinajstić information content (AvgIpc) is 3.08. The molecule has 0 saturated heterocycles. The maximum absolute atomic E-state index is 6.32. The van der Waals surface area contributed by atoms with E-state index in [1.54, 1.807) is 20.4 Å². The maximum atomic E-state index is 6.32. The van der Waals surface area contributed by atoms with Gasteiger partial charge in [-0.25, -0.2) is 4.98 Å². The van der Waals surface area contributed by atoms with E-state index < -0.39 is 0 Å². The van der Waals surface area contributed by atoms with Crippen LogP contribution in [-0.2, 0) is 5.41 Å². The molecule has 2 N–H and O–H groups in total. The second-order valence-electron chi connectivity index (χ2n) is 5.20. The Balaban J connectivity index is 2.58. The van der Waals surface area contributed by atoms with Crippen molar-refractivity contribution in [2.75, 3.05) is 14.2 Å². The van der Waals surface area contributed by atoms with Crippen LogP contribution in [0.25, 0.3) is 0 Å². The fourth-order valence-electron chi connectivity index (χ4n) is 2.53. The van der Waals surface area contributed by atoms with Crippen molar-refractivity contribution >= 4 is 0 Å². The third-order valence-electron chi connectivity index (χ3n) is 3.75. The lowest BCUT2D eigenvalue weighted by atomic mass is 9.79. The molecule has 0 aliphatic heterocycles. The van der Waals surface area contributed by atoms with Crippen LogP contribution in [0.1, 0.15) is 32.3 Å². The third kappa shape index (κ3) is 1.76. The molecule has 1 aromatic rings. The Labute approximate surface area is 102 Å². The number of rotatable bonds is 4. The second-order valence-corrected chi connectivity index (χ2v) is 5.20. The number of ether oxygens (including phenoxy) is 2. The van der Waals surface area contributed by atoms with Crippen molar-refractivity contribution < 1.29 is 9.47 Å². The SMILES string of the molecule is COc1ccnc(OC)c1C1(C(C)(C)N)CC1. The number of aromatic nitrogens is 1. The lowest BCUT2D eigenvalue weighted by Crippen LogP contribution is -2.45. The minimum Gasteiger partial charge on any atom is -0.496 e. The van der Waals surface area contributed by atoms with Crippen LogP contribution in [0.4, 0.5) is 0 Å². The van der Waals surface area contributed by atoms with Crippen LogP contribution in [0.3, 0.4) is 0 Å². The molecule has 0 unspecified atom stereocenters. The highest BCUT2D eigenvalue weighted by molar-refractivity contribution is 5.51. The molecule has 0 radical (unpaired) electrons. The van der Waals surface area contributed by atoms with Crippen LogP contribution < -0.4 is 15.2 Å². The van der Waals surface area contributed by atoms with Gasteiger partial charge in [-0.15, -0.1) is 0 Å². The predicted molar refractivity (Wildman–Crippen MR) is 66.5 cm³/mol. The van der Waals surface area contributed by atoms with E-state index in [1.165, 1.54) is 0 Å². The highest BCUT2D eigenvalue weighted by Gasteiger charge is 2.57. The Bertz CT molecular complexity index is 398. The van der Waals surface area contributed by atoms with Crippen molar-refractivity contribution in [3.05, 3.63) is 17.8 Å². The smallest absolute Gasteiger partial charge is 0.220 e. The molecule has 0 atom stereocenters. The zero-order chi connectivity index (χ0) is 12.7. The molecule has 4 nitrogen and oxygen atoms in total. The third-order valence-corrected chi connectivity index (χ3v) is 3.75. The molecule has 0 spiro atoms. The minimum atomic E-state index is -0.309. The molecule has 2 rings (SSSR count). The summed E-state index contributed by atoms with van der Waals surface area (Å²) < 4.78 is 10.8. The highest BCUT2D eigenvalue weighted by atomic mass is 16.5. The van der Waals surface area contributed by atoms with Gasteiger partial charge in [-0.1, -0.05) is 0 Å². The fourth-order valence-corrected chi connectivity index (χ4v) is 2.53. The van der Waals surface area contributed by atoms with Crippen LogP contribution >= 0.6 is 0 Å². The summed E-state index contributed by atoms with van der Waals surface area (Å²) in [4.78, 5) is 4.27. The first-order valence-electron chi connectivity index (χ1n) is 5.82. The van der Waals surface area contributed by atoms with Gasteiger partial charge < -0.3 is 15.2 Å². The predicted octanol–water partition coefficient (Wildman–Crippen LogP) is 1.87. The molecule has 1 aliphatic carbocycles. The van der Waals surface area contributed by atoms with Crippen LogP contribution in [-0.4, -0.2) is 24.7 Å². The van der Waals surface area contributed by atoms with Crippen LogP contribution in [0, 0.1) is 0 Å². The van der Waals surface area contributed by atoms with Crippen LogP contribution in [0.5, 0.6) is 11.6 Å². The van der Waals surface area contributed by atoms with Gasteiger partial charge in [-0.2, -0.15) is 0 Å². The first-order valence-corrected chi connectivity index (χ1v) is 5.82. The van der Waals surface area contributed by atoms with Gasteiger partial charge in [0.15, 0.2) is 0 Å². The van der Waals surface area contributed by atoms with Gasteiger partial charge in [0.1, 0.15) is 5.75 Å². The Morgan fingerprint density at radius 1 is 1.29 bits per heavy atom. The molecule has 94 valence electrons. The Hall–Kier alpha value is -1.29. The molecular formula is C13H20N2O2. The van der Waals surface area contributed by atoms with E-state index in [-0.39, 0.29) is 11.0 Å². The monoisotopic (exact) mass is 236 g/mol. The van der Waals surface area contributed by atoms with Gasteiger partial charge in [0.05, 0.1) is 19.8 Å². The van der Waals surface area contributed by atoms with E-state index in [0.29, 0.717) is 5.88 Å². The Morgan fingerprint density at radius 3 is 2.35 bits per heavy atom. The molecule has 1 heterocycles. The van der Waals surface area contributed by atoms with Crippen molar-refractivity contribution in [1.82, 2.24) is 4.98 Å². The van der Waals surface area contributed by atoms with E-state index in [4.69, 9.17) is 15.2 Å². The molecule has 1 aromatic heterocycles. The summed E-state index contributed by atoms with van der Waals surface area (Å²) in [5.41, 5.74) is 6.95. The van der Waals surface area contributed by atoms with Gasteiger partial charge in [-0.3, -0.25) is 0 Å². The molecule has 1 fully saturated rings. The zero-order valence-electron chi connectivity index (χ0n) is 10.9. The quantitative estimate of drug-likeness (QED) is 0.867. The summed E-state index contributed by atoms with van der Waals surface area (Å²) in [6, 6.07) is 1.86. The summed E-state index contributed by atoms with van der Waals surface area (Å²) in [5.74, 6) is 1.44. The standard InChI is InChI=1S/C13H20N2O2/c1-12(2,14)13(6-7-13)10-9(16-3)5-8-15-11(10)17-4/h5,8H,6-7,14H2,1-4H3. The highest BCUT2D eigenvalue weighted by Crippen LogP contribution is 2.59. The molecule has 0 aromatic carbocycles. The van der Waals surface area contributed by atoms with E-state index in [2.05, 4.69) is 4.98 Å². The number of hydrogen-bond acceptors (Lipinski definition) is 4.